The monoisotopic (exact) mass is 689 g/mol. The first-order valence-corrected chi connectivity index (χ1v) is 18.1. The maximum atomic E-state index is 17.2. The van der Waals surface area contributed by atoms with Gasteiger partial charge in [0.2, 0.25) is 5.88 Å². The zero-order valence-electron chi connectivity index (χ0n) is 29.6. The number of hydrogen-bond acceptors (Lipinski definition) is 11. The molecule has 0 spiro atoms. The summed E-state index contributed by atoms with van der Waals surface area (Å²) in [5.41, 5.74) is 2.27. The molecular formula is C37H48FN7O5. The van der Waals surface area contributed by atoms with Crippen LogP contribution < -0.4 is 14.4 Å². The van der Waals surface area contributed by atoms with Gasteiger partial charge in [0.1, 0.15) is 28.0 Å². The molecule has 3 aliphatic heterocycles. The van der Waals surface area contributed by atoms with Gasteiger partial charge in [-0.1, -0.05) is 6.42 Å². The van der Waals surface area contributed by atoms with Crippen molar-refractivity contribution in [2.24, 2.45) is 5.41 Å². The van der Waals surface area contributed by atoms with E-state index in [0.717, 1.165) is 86.7 Å². The van der Waals surface area contributed by atoms with Gasteiger partial charge in [0, 0.05) is 48.2 Å². The third kappa shape index (κ3) is 5.85. The van der Waals surface area contributed by atoms with Crippen LogP contribution in [0.25, 0.3) is 33.1 Å². The van der Waals surface area contributed by atoms with Crippen LogP contribution in [0.5, 0.6) is 11.9 Å². The Morgan fingerprint density at radius 1 is 1.06 bits per heavy atom. The van der Waals surface area contributed by atoms with E-state index in [4.69, 9.17) is 33.9 Å². The zero-order valence-corrected chi connectivity index (χ0v) is 29.6. The van der Waals surface area contributed by atoms with Crippen molar-refractivity contribution in [1.82, 2.24) is 30.0 Å². The number of hydrogen-bond donors (Lipinski definition) is 2. The third-order valence-corrected chi connectivity index (χ3v) is 11.7. The number of nitrogens with zero attached hydrogens (tertiary/aromatic N) is 6. The van der Waals surface area contributed by atoms with Gasteiger partial charge in [-0.15, -0.1) is 0 Å². The molecule has 3 aromatic heterocycles. The molecule has 1 aromatic carbocycles. The molecule has 3 atom stereocenters. The van der Waals surface area contributed by atoms with Crippen LogP contribution in [-0.2, 0) is 9.47 Å². The quantitative estimate of drug-likeness (QED) is 0.268. The van der Waals surface area contributed by atoms with Gasteiger partial charge >= 0.3 is 6.01 Å². The number of H-pyrrole nitrogens is 1. The van der Waals surface area contributed by atoms with E-state index in [-0.39, 0.29) is 41.7 Å². The normalized spacial score (nSPS) is 26.8. The number of likely N-dealkylation sites (tertiary alicyclic amines) is 1. The lowest BCUT2D eigenvalue weighted by atomic mass is 9.74. The number of pyridine rings is 1. The molecule has 1 unspecified atom stereocenters. The van der Waals surface area contributed by atoms with E-state index >= 15 is 4.39 Å². The molecule has 4 aromatic rings. The van der Waals surface area contributed by atoms with Gasteiger partial charge in [-0.25, -0.2) is 9.37 Å². The Bertz CT molecular complexity index is 1900. The summed E-state index contributed by atoms with van der Waals surface area (Å²) >= 11 is 0. The van der Waals surface area contributed by atoms with Crippen molar-refractivity contribution in [2.75, 3.05) is 64.7 Å². The first-order valence-electron chi connectivity index (χ1n) is 18.1. The van der Waals surface area contributed by atoms with Crippen LogP contribution in [0.1, 0.15) is 63.0 Å². The first kappa shape index (κ1) is 33.5. The molecule has 12 nitrogen and oxygen atoms in total. The number of fused-ring (bicyclic) bond motifs is 3. The van der Waals surface area contributed by atoms with Gasteiger partial charge in [0.25, 0.3) is 0 Å². The molecule has 6 heterocycles. The van der Waals surface area contributed by atoms with Gasteiger partial charge in [-0.3, -0.25) is 10.00 Å². The highest BCUT2D eigenvalue weighted by Gasteiger charge is 2.50. The first-order chi connectivity index (χ1) is 24.2. The zero-order chi connectivity index (χ0) is 34.6. The van der Waals surface area contributed by atoms with Crippen molar-refractivity contribution in [3.8, 4) is 23.1 Å². The number of ether oxygens (including phenoxy) is 4. The fourth-order valence-electron chi connectivity index (χ4n) is 9.13. The summed E-state index contributed by atoms with van der Waals surface area (Å²) in [4.78, 5) is 19.2. The lowest BCUT2D eigenvalue weighted by molar-refractivity contribution is -0.0511. The van der Waals surface area contributed by atoms with Crippen molar-refractivity contribution in [2.45, 2.75) is 83.4 Å². The summed E-state index contributed by atoms with van der Waals surface area (Å²) in [6.45, 7) is 10.0. The molecule has 0 amide bonds. The van der Waals surface area contributed by atoms with Crippen LogP contribution in [0.2, 0.25) is 0 Å². The fourth-order valence-corrected chi connectivity index (χ4v) is 9.13. The number of anilines is 1. The molecule has 268 valence electrons. The van der Waals surface area contributed by atoms with Gasteiger partial charge in [-0.05, 0) is 83.0 Å². The number of halogens is 1. The van der Waals surface area contributed by atoms with E-state index in [9.17, 15) is 5.11 Å². The summed E-state index contributed by atoms with van der Waals surface area (Å²) in [5.74, 6) is -0.00862. The molecule has 13 heteroatoms. The molecule has 4 fully saturated rings. The van der Waals surface area contributed by atoms with E-state index in [1.807, 2.05) is 24.8 Å². The highest BCUT2D eigenvalue weighted by atomic mass is 19.1. The number of piperidine rings is 1. The Labute approximate surface area is 291 Å². The SMILES string of the molecule is COc1nc(-c2c(C)c(C)cc3[nH]ncc23)c(F)c2nc(OCC34CCC[C@H]3N(C3CCOCC3)CCC4)nc(N3CCOC[C@@](C)(O)C3)c12. The minimum atomic E-state index is -1.16. The van der Waals surface area contributed by atoms with Crippen molar-refractivity contribution < 1.29 is 28.4 Å². The summed E-state index contributed by atoms with van der Waals surface area (Å²) in [7, 11) is 1.52. The Kier molecular flexibility index (Phi) is 8.81. The average molecular weight is 690 g/mol. The number of aryl methyl sites for hydroxylation is 1. The van der Waals surface area contributed by atoms with Crippen LogP contribution in [-0.4, -0.2) is 113 Å². The number of rotatable bonds is 7. The fraction of sp³-hybridized carbons (Fsp3) is 0.622. The molecule has 4 aliphatic rings. The predicted molar refractivity (Wildman–Crippen MR) is 187 cm³/mol. The summed E-state index contributed by atoms with van der Waals surface area (Å²) < 4.78 is 41.2. The lowest BCUT2D eigenvalue weighted by Crippen LogP contribution is -2.56. The number of benzene rings is 1. The minimum absolute atomic E-state index is 0.0274. The van der Waals surface area contributed by atoms with E-state index in [0.29, 0.717) is 48.6 Å². The summed E-state index contributed by atoms with van der Waals surface area (Å²) in [6, 6.07) is 3.06. The molecule has 1 aliphatic carbocycles. The van der Waals surface area contributed by atoms with Gasteiger partial charge in [0.15, 0.2) is 5.82 Å². The topological polar surface area (TPSA) is 131 Å². The Hall–Kier alpha value is -3.65. The molecule has 3 saturated heterocycles. The van der Waals surface area contributed by atoms with Crippen LogP contribution in [0.4, 0.5) is 10.2 Å². The second kappa shape index (κ2) is 13.2. The number of nitrogens with one attached hydrogen (secondary N) is 1. The smallest absolute Gasteiger partial charge is 0.319 e. The van der Waals surface area contributed by atoms with Gasteiger partial charge < -0.3 is 29.0 Å². The molecule has 1 saturated carbocycles. The highest BCUT2D eigenvalue weighted by molar-refractivity contribution is 6.01. The second-order valence-electron chi connectivity index (χ2n) is 15.1. The van der Waals surface area contributed by atoms with Crippen LogP contribution in [0.15, 0.2) is 12.3 Å². The summed E-state index contributed by atoms with van der Waals surface area (Å²) in [5, 5.41) is 19.5. The van der Waals surface area contributed by atoms with Crippen molar-refractivity contribution in [3.05, 3.63) is 29.2 Å². The second-order valence-corrected chi connectivity index (χ2v) is 15.1. The molecule has 0 radical (unpaired) electrons. The molecule has 8 rings (SSSR count). The maximum Gasteiger partial charge on any atom is 0.319 e. The van der Waals surface area contributed by atoms with E-state index < -0.39 is 11.4 Å². The number of aliphatic hydroxyl groups is 1. The molecule has 50 heavy (non-hydrogen) atoms. The average Bonchev–Trinajstić information content (AvgIpc) is 3.72. The van der Waals surface area contributed by atoms with E-state index in [1.165, 1.54) is 7.11 Å². The third-order valence-electron chi connectivity index (χ3n) is 11.7. The standard InChI is InChI=1S/C37H48FN7O5/c1-22-17-26-25(18-39-43-26)28(23(22)2)31-30(38)32-29(34(40-31)47-4)33(44-13-16-49-20-36(3,46)19-44)42-35(41-32)50-21-37-10-5-7-27(37)45(12-6-11-37)24-8-14-48-15-9-24/h17-18,24,27,46H,5-16,19-21H2,1-4H3,(H,39,43)/t27-,36+,37?/m1/s1. The number of methoxy groups -OCH3 is 1. The molecular weight excluding hydrogens is 641 g/mol. The minimum Gasteiger partial charge on any atom is -0.480 e. The largest absolute Gasteiger partial charge is 0.480 e. The van der Waals surface area contributed by atoms with Crippen molar-refractivity contribution >= 4 is 27.6 Å². The number of β-amino-alcohol motifs (C(OH)–C–C–N with tert-alkyl or cyclic N) is 1. The van der Waals surface area contributed by atoms with Crippen LogP contribution in [0.3, 0.4) is 0 Å². The predicted octanol–water partition coefficient (Wildman–Crippen LogP) is 5.11. The van der Waals surface area contributed by atoms with E-state index in [2.05, 4.69) is 15.1 Å². The van der Waals surface area contributed by atoms with Crippen LogP contribution in [0, 0.1) is 25.1 Å². The Morgan fingerprint density at radius 2 is 1.88 bits per heavy atom. The Morgan fingerprint density at radius 3 is 2.70 bits per heavy atom. The molecule has 0 bridgehead atoms. The van der Waals surface area contributed by atoms with Gasteiger partial charge in [0.05, 0.1) is 45.2 Å². The van der Waals surface area contributed by atoms with E-state index in [1.54, 1.807) is 13.1 Å². The molecule has 2 N–H and O–H groups in total. The highest BCUT2D eigenvalue weighted by Crippen LogP contribution is 2.49. The van der Waals surface area contributed by atoms with Crippen LogP contribution >= 0.6 is 0 Å². The number of aromatic amines is 1. The Balaban J connectivity index is 1.24. The van der Waals surface area contributed by atoms with Gasteiger partial charge in [-0.2, -0.15) is 15.1 Å². The van der Waals surface area contributed by atoms with Crippen molar-refractivity contribution in [3.63, 3.8) is 0 Å². The lowest BCUT2D eigenvalue weighted by Gasteiger charge is -2.50. The maximum absolute atomic E-state index is 17.2. The summed E-state index contributed by atoms with van der Waals surface area (Å²) in [6.07, 6.45) is 9.39. The van der Waals surface area contributed by atoms with Crippen molar-refractivity contribution in [1.29, 1.82) is 0 Å². The number of aromatic nitrogens is 5.